The Balaban J connectivity index is 2.53. The zero-order valence-corrected chi connectivity index (χ0v) is 10.9. The Morgan fingerprint density at radius 2 is 1.70 bits per heavy atom. The highest BCUT2D eigenvalue weighted by molar-refractivity contribution is 5.60. The van der Waals surface area contributed by atoms with Crippen LogP contribution in [-0.2, 0) is 0 Å². The van der Waals surface area contributed by atoms with Crippen LogP contribution in [0.15, 0.2) is 22.6 Å². The third kappa shape index (κ3) is 2.43. The van der Waals surface area contributed by atoms with E-state index in [2.05, 4.69) is 5.32 Å². The molecule has 0 bridgehead atoms. The smallest absolute Gasteiger partial charge is 0.172 e. The highest BCUT2D eigenvalue weighted by atomic mass is 19.2. The van der Waals surface area contributed by atoms with Crippen molar-refractivity contribution >= 4 is 0 Å². The topological polar surface area (TPSA) is 25.2 Å². The van der Waals surface area contributed by atoms with Gasteiger partial charge in [-0.05, 0) is 25.6 Å². The molecular weight excluding hydrogens is 274 g/mol. The van der Waals surface area contributed by atoms with Gasteiger partial charge in [-0.3, -0.25) is 0 Å². The van der Waals surface area contributed by atoms with Gasteiger partial charge in [-0.15, -0.1) is 0 Å². The number of nitrogens with one attached hydrogen (secondary N) is 1. The van der Waals surface area contributed by atoms with Gasteiger partial charge < -0.3 is 9.73 Å². The molecule has 0 saturated carbocycles. The van der Waals surface area contributed by atoms with E-state index in [1.807, 2.05) is 6.92 Å². The molecule has 0 aliphatic rings. The molecule has 1 N–H and O–H groups in total. The van der Waals surface area contributed by atoms with Gasteiger partial charge in [0, 0.05) is 6.07 Å². The van der Waals surface area contributed by atoms with Crippen LogP contribution >= 0.6 is 0 Å². The maximum absolute atomic E-state index is 13.6. The van der Waals surface area contributed by atoms with Crippen molar-refractivity contribution < 1.29 is 22.0 Å². The van der Waals surface area contributed by atoms with Gasteiger partial charge in [0.1, 0.15) is 11.5 Å². The summed E-state index contributed by atoms with van der Waals surface area (Å²) in [6.07, 6.45) is 0.686. The number of hydrogen-bond donors (Lipinski definition) is 1. The van der Waals surface area contributed by atoms with E-state index in [1.54, 1.807) is 7.05 Å². The van der Waals surface area contributed by atoms with E-state index in [9.17, 15) is 17.6 Å². The van der Waals surface area contributed by atoms with Crippen molar-refractivity contribution in [3.63, 3.8) is 0 Å². The van der Waals surface area contributed by atoms with E-state index >= 15 is 0 Å². The molecule has 1 aromatic heterocycles. The van der Waals surface area contributed by atoms with E-state index in [4.69, 9.17) is 4.42 Å². The number of halogens is 4. The van der Waals surface area contributed by atoms with E-state index in [0.717, 1.165) is 0 Å². The molecule has 0 aliphatic carbocycles. The Morgan fingerprint density at radius 3 is 2.20 bits per heavy atom. The zero-order chi connectivity index (χ0) is 14.9. The summed E-state index contributed by atoms with van der Waals surface area (Å²) < 4.78 is 58.9. The summed E-state index contributed by atoms with van der Waals surface area (Å²) in [6, 6.07) is 2.82. The predicted molar refractivity (Wildman–Crippen MR) is 66.1 cm³/mol. The third-order valence-electron chi connectivity index (χ3n) is 3.09. The molecule has 0 aliphatic heterocycles. The maximum Gasteiger partial charge on any atom is 0.172 e. The minimum atomic E-state index is -1.47. The van der Waals surface area contributed by atoms with Gasteiger partial charge in [0.15, 0.2) is 23.3 Å². The predicted octanol–water partition coefficient (Wildman–Crippen LogP) is 4.17. The molecule has 0 fully saturated rings. The fourth-order valence-corrected chi connectivity index (χ4v) is 2.01. The minimum absolute atomic E-state index is 0.145. The largest absolute Gasteiger partial charge is 0.459 e. The zero-order valence-electron chi connectivity index (χ0n) is 10.9. The van der Waals surface area contributed by atoms with Crippen LogP contribution in [0.4, 0.5) is 17.6 Å². The van der Waals surface area contributed by atoms with Crippen molar-refractivity contribution in [3.8, 4) is 11.3 Å². The molecule has 108 valence electrons. The first-order valence-corrected chi connectivity index (χ1v) is 6.09. The first-order chi connectivity index (χ1) is 9.49. The Kier molecular flexibility index (Phi) is 4.13. The molecule has 0 spiro atoms. The molecule has 0 amide bonds. The fraction of sp³-hybridized carbons (Fsp3) is 0.286. The first kappa shape index (κ1) is 14.6. The van der Waals surface area contributed by atoms with E-state index in [1.165, 1.54) is 12.1 Å². The summed E-state index contributed by atoms with van der Waals surface area (Å²) in [5.41, 5.74) is -0.834. The lowest BCUT2D eigenvalue weighted by molar-refractivity contribution is 0.420. The Hall–Kier alpha value is -1.82. The second kappa shape index (κ2) is 5.66. The van der Waals surface area contributed by atoms with Gasteiger partial charge in [-0.25, -0.2) is 17.6 Å². The lowest BCUT2D eigenvalue weighted by Crippen LogP contribution is -2.14. The van der Waals surface area contributed by atoms with E-state index < -0.39 is 28.8 Å². The molecule has 0 saturated heterocycles. The molecule has 1 aromatic carbocycles. The van der Waals surface area contributed by atoms with Gasteiger partial charge in [0.05, 0.1) is 11.6 Å². The van der Waals surface area contributed by atoms with Crippen LogP contribution < -0.4 is 5.32 Å². The fourth-order valence-electron chi connectivity index (χ4n) is 2.01. The first-order valence-electron chi connectivity index (χ1n) is 6.09. The highest BCUT2D eigenvalue weighted by Crippen LogP contribution is 2.32. The number of rotatable bonds is 4. The highest BCUT2D eigenvalue weighted by Gasteiger charge is 2.23. The molecule has 1 unspecified atom stereocenters. The van der Waals surface area contributed by atoms with Gasteiger partial charge in [-0.1, -0.05) is 6.92 Å². The van der Waals surface area contributed by atoms with Crippen LogP contribution in [0.5, 0.6) is 0 Å². The van der Waals surface area contributed by atoms with Gasteiger partial charge in [-0.2, -0.15) is 0 Å². The van der Waals surface area contributed by atoms with Gasteiger partial charge in [0.2, 0.25) is 0 Å². The number of furan rings is 1. The molecular formula is C14H13F4NO. The van der Waals surface area contributed by atoms with Crippen LogP contribution in [0.3, 0.4) is 0 Å². The van der Waals surface area contributed by atoms with E-state index in [-0.39, 0.29) is 17.9 Å². The van der Waals surface area contributed by atoms with Crippen molar-refractivity contribution in [2.24, 2.45) is 0 Å². The average Bonchev–Trinajstić information content (AvgIpc) is 2.88. The summed E-state index contributed by atoms with van der Waals surface area (Å²) in [5, 5.41) is 2.96. The van der Waals surface area contributed by atoms with Crippen LogP contribution in [0, 0.1) is 23.3 Å². The Bertz CT molecular complexity index is 594. The normalized spacial score (nSPS) is 12.7. The quantitative estimate of drug-likeness (QED) is 0.674. The lowest BCUT2D eigenvalue weighted by atomic mass is 10.1. The molecule has 0 radical (unpaired) electrons. The maximum atomic E-state index is 13.6. The number of hydrogen-bond acceptors (Lipinski definition) is 2. The second-order valence-corrected chi connectivity index (χ2v) is 4.29. The lowest BCUT2D eigenvalue weighted by Gasteiger charge is -2.10. The molecule has 1 heterocycles. The van der Waals surface area contributed by atoms with Gasteiger partial charge in [0.25, 0.3) is 0 Å². The summed E-state index contributed by atoms with van der Waals surface area (Å²) in [7, 11) is 1.71. The summed E-state index contributed by atoms with van der Waals surface area (Å²) >= 11 is 0. The molecule has 2 rings (SSSR count). The minimum Gasteiger partial charge on any atom is -0.459 e. The summed E-state index contributed by atoms with van der Waals surface area (Å²) in [5.74, 6) is -5.67. The Labute approximate surface area is 113 Å². The van der Waals surface area contributed by atoms with Crippen molar-refractivity contribution in [1.29, 1.82) is 0 Å². The van der Waals surface area contributed by atoms with Gasteiger partial charge >= 0.3 is 0 Å². The average molecular weight is 287 g/mol. The Morgan fingerprint density at radius 1 is 1.10 bits per heavy atom. The molecule has 1 atom stereocenters. The monoisotopic (exact) mass is 287 g/mol. The molecule has 20 heavy (non-hydrogen) atoms. The van der Waals surface area contributed by atoms with Crippen molar-refractivity contribution in [2.45, 2.75) is 19.4 Å². The molecule has 6 heteroatoms. The van der Waals surface area contributed by atoms with Crippen LogP contribution in [0.2, 0.25) is 0 Å². The number of benzene rings is 1. The molecule has 2 nitrogen and oxygen atoms in total. The van der Waals surface area contributed by atoms with Crippen LogP contribution in [0.1, 0.15) is 25.1 Å². The molecule has 2 aromatic rings. The third-order valence-corrected chi connectivity index (χ3v) is 3.09. The second-order valence-electron chi connectivity index (χ2n) is 4.29. The summed E-state index contributed by atoms with van der Waals surface area (Å²) in [4.78, 5) is 0. The SMILES string of the molecule is CCC(NC)c1ccc(-c2c(F)c(F)cc(F)c2F)o1. The van der Waals surface area contributed by atoms with Crippen molar-refractivity contribution in [3.05, 3.63) is 47.2 Å². The van der Waals surface area contributed by atoms with Crippen LogP contribution in [-0.4, -0.2) is 7.05 Å². The summed E-state index contributed by atoms with van der Waals surface area (Å²) in [6.45, 7) is 1.90. The van der Waals surface area contributed by atoms with Crippen molar-refractivity contribution in [1.82, 2.24) is 5.32 Å². The van der Waals surface area contributed by atoms with E-state index in [0.29, 0.717) is 12.2 Å². The van der Waals surface area contributed by atoms with Crippen LogP contribution in [0.25, 0.3) is 11.3 Å². The van der Waals surface area contributed by atoms with Crippen molar-refractivity contribution in [2.75, 3.05) is 7.05 Å². The standard InChI is InChI=1S/C14H13F4NO/c1-3-9(19-2)10-4-5-11(20-10)12-13(17)7(15)6-8(16)14(12)18/h4-6,9,19H,3H2,1-2H3.